The molecule has 0 amide bonds. The third-order valence-corrected chi connectivity index (χ3v) is 4.82. The van der Waals surface area contributed by atoms with Crippen molar-refractivity contribution in [3.05, 3.63) is 0 Å². The lowest BCUT2D eigenvalue weighted by atomic mass is 9.84. The molecule has 2 fully saturated rings. The summed E-state index contributed by atoms with van der Waals surface area (Å²) in [6.07, 6.45) is -16.5. The lowest BCUT2D eigenvalue weighted by molar-refractivity contribution is -0.336. The fourth-order valence-electron chi connectivity index (χ4n) is 2.68. The highest BCUT2D eigenvalue weighted by Crippen LogP contribution is 2.35. The van der Waals surface area contributed by atoms with Gasteiger partial charge in [-0.1, -0.05) is 0 Å². The van der Waals surface area contributed by atoms with Gasteiger partial charge in [0.15, 0.2) is 11.2 Å². The molecular formula is C12H22O10S. The number of aliphatic hydroxyl groups is 8. The van der Waals surface area contributed by atoms with Crippen molar-refractivity contribution in [1.82, 2.24) is 0 Å². The Hall–Kier alpha value is -0.0500. The van der Waals surface area contributed by atoms with E-state index in [-0.39, 0.29) is 0 Å². The summed E-state index contributed by atoms with van der Waals surface area (Å²) in [6, 6.07) is 0. The quantitative estimate of drug-likeness (QED) is 0.172. The van der Waals surface area contributed by atoms with Crippen LogP contribution < -0.4 is 0 Å². The molecule has 1 heterocycles. The Morgan fingerprint density at radius 3 is 1.78 bits per heavy atom. The molecule has 0 bridgehead atoms. The molecule has 9 atom stereocenters. The minimum absolute atomic E-state index is 0.923. The van der Waals surface area contributed by atoms with Crippen molar-refractivity contribution in [3.63, 3.8) is 0 Å². The van der Waals surface area contributed by atoms with Gasteiger partial charge in [-0.05, 0) is 6.92 Å². The molecule has 2 rings (SSSR count). The molecule has 0 spiro atoms. The van der Waals surface area contributed by atoms with Gasteiger partial charge in [-0.25, -0.2) is 0 Å². The summed E-state index contributed by atoms with van der Waals surface area (Å²) < 4.78 is 10.3. The molecule has 8 N–H and O–H groups in total. The van der Waals surface area contributed by atoms with E-state index in [1.807, 2.05) is 0 Å². The second-order valence-electron chi connectivity index (χ2n) is 5.94. The zero-order valence-corrected chi connectivity index (χ0v) is 13.0. The van der Waals surface area contributed by atoms with Gasteiger partial charge in [0.25, 0.3) is 0 Å². The van der Waals surface area contributed by atoms with Crippen LogP contribution in [-0.2, 0) is 9.47 Å². The average Bonchev–Trinajstić information content (AvgIpc) is 2.50. The molecule has 11 heteroatoms. The Balaban J connectivity index is 2.15. The van der Waals surface area contributed by atoms with Crippen LogP contribution in [0.3, 0.4) is 0 Å². The van der Waals surface area contributed by atoms with E-state index < -0.39 is 66.2 Å². The molecule has 0 aromatic rings. The van der Waals surface area contributed by atoms with Gasteiger partial charge in [0.05, 0.1) is 6.10 Å². The highest BCUT2D eigenvalue weighted by molar-refractivity contribution is 7.81. The molecule has 136 valence electrons. The Morgan fingerprint density at radius 1 is 0.826 bits per heavy atom. The van der Waals surface area contributed by atoms with E-state index >= 15 is 0 Å². The lowest BCUT2D eigenvalue weighted by Crippen LogP contribution is -2.70. The van der Waals surface area contributed by atoms with Crippen LogP contribution in [0, 0.1) is 0 Å². The van der Waals surface area contributed by atoms with Crippen LogP contribution in [0.4, 0.5) is 0 Å². The summed E-state index contributed by atoms with van der Waals surface area (Å²) >= 11 is 3.62. The van der Waals surface area contributed by atoms with Crippen molar-refractivity contribution in [2.24, 2.45) is 0 Å². The number of ether oxygens (including phenoxy) is 2. The first kappa shape index (κ1) is 19.3. The molecule has 0 aromatic heterocycles. The summed E-state index contributed by atoms with van der Waals surface area (Å²) in [5.41, 5.74) is 0. The van der Waals surface area contributed by atoms with Crippen LogP contribution in [0.1, 0.15) is 6.92 Å². The fraction of sp³-hybridized carbons (Fsp3) is 1.00. The van der Waals surface area contributed by atoms with E-state index in [0.29, 0.717) is 0 Å². The lowest BCUT2D eigenvalue weighted by Gasteiger charge is -2.48. The van der Waals surface area contributed by atoms with Crippen molar-refractivity contribution < 1.29 is 50.3 Å². The molecule has 7 unspecified atom stereocenters. The van der Waals surface area contributed by atoms with Gasteiger partial charge < -0.3 is 50.3 Å². The molecule has 0 aromatic carbocycles. The highest BCUT2D eigenvalue weighted by Gasteiger charge is 2.58. The van der Waals surface area contributed by atoms with Gasteiger partial charge in [0.1, 0.15) is 48.8 Å². The van der Waals surface area contributed by atoms with Crippen molar-refractivity contribution >= 4 is 12.6 Å². The second kappa shape index (κ2) is 6.69. The van der Waals surface area contributed by atoms with Gasteiger partial charge in [0.2, 0.25) is 0 Å². The smallest absolute Gasteiger partial charge is 0.187 e. The summed E-state index contributed by atoms with van der Waals surface area (Å²) in [5, 5.41) is 78.4. The Labute approximate surface area is 136 Å². The summed E-state index contributed by atoms with van der Waals surface area (Å²) in [6.45, 7) is 1.40. The van der Waals surface area contributed by atoms with Crippen LogP contribution in [0.5, 0.6) is 0 Å². The largest absolute Gasteiger partial charge is 0.388 e. The van der Waals surface area contributed by atoms with Gasteiger partial charge >= 0.3 is 0 Å². The van der Waals surface area contributed by atoms with Crippen LogP contribution >= 0.6 is 12.6 Å². The van der Waals surface area contributed by atoms with Crippen molar-refractivity contribution in [1.29, 1.82) is 0 Å². The molecule has 2 aliphatic rings. The molecule has 1 aliphatic carbocycles. The van der Waals surface area contributed by atoms with Gasteiger partial charge in [0, 0.05) is 0 Å². The normalized spacial score (nSPS) is 58.2. The van der Waals surface area contributed by atoms with E-state index in [0.717, 1.165) is 0 Å². The molecule has 10 nitrogen and oxygen atoms in total. The topological polar surface area (TPSA) is 180 Å². The van der Waals surface area contributed by atoms with Crippen molar-refractivity contribution in [2.45, 2.75) is 73.1 Å². The number of hydrogen-bond donors (Lipinski definition) is 9. The first-order valence-corrected chi connectivity index (χ1v) is 7.47. The fourth-order valence-corrected chi connectivity index (χ4v) is 2.99. The maximum Gasteiger partial charge on any atom is 0.187 e. The highest BCUT2D eigenvalue weighted by atomic mass is 32.1. The summed E-state index contributed by atoms with van der Waals surface area (Å²) in [4.78, 5) is -2.48. The van der Waals surface area contributed by atoms with Crippen LogP contribution in [0.25, 0.3) is 0 Å². The predicted octanol–water partition coefficient (Wildman–Crippen LogP) is -4.73. The molecular weight excluding hydrogens is 336 g/mol. The average molecular weight is 358 g/mol. The second-order valence-corrected chi connectivity index (χ2v) is 6.65. The minimum Gasteiger partial charge on any atom is -0.388 e. The van der Waals surface area contributed by atoms with E-state index in [1.54, 1.807) is 0 Å². The van der Waals surface area contributed by atoms with Crippen LogP contribution in [0.15, 0.2) is 0 Å². The molecule has 1 saturated carbocycles. The number of rotatable bonds is 2. The number of hydrogen-bond acceptors (Lipinski definition) is 11. The van der Waals surface area contributed by atoms with Gasteiger partial charge in [-0.2, -0.15) is 0 Å². The SMILES string of the molecule is CC1O[C@@H](OC2C(O)C(O)C(O)(S)C(O)C2O)C(O)C(O)[C@H]1O. The third-order valence-electron chi connectivity index (χ3n) is 4.29. The van der Waals surface area contributed by atoms with E-state index in [9.17, 15) is 40.9 Å². The van der Waals surface area contributed by atoms with Crippen LogP contribution in [0.2, 0.25) is 0 Å². The third kappa shape index (κ3) is 3.24. The predicted molar refractivity (Wildman–Crippen MR) is 75.2 cm³/mol. The van der Waals surface area contributed by atoms with E-state index in [2.05, 4.69) is 12.6 Å². The molecule has 1 saturated heterocycles. The Bertz CT molecular complexity index is 405. The Morgan fingerprint density at radius 2 is 1.30 bits per heavy atom. The maximum absolute atomic E-state index is 9.96. The maximum atomic E-state index is 9.96. The molecule has 23 heavy (non-hydrogen) atoms. The first-order chi connectivity index (χ1) is 10.5. The summed E-state index contributed by atoms with van der Waals surface area (Å²) in [7, 11) is 0. The minimum atomic E-state index is -2.48. The van der Waals surface area contributed by atoms with Crippen LogP contribution in [-0.4, -0.2) is 107 Å². The number of aliphatic hydroxyl groups excluding tert-OH is 7. The zero-order valence-electron chi connectivity index (χ0n) is 12.1. The number of thiol groups is 1. The van der Waals surface area contributed by atoms with Crippen molar-refractivity contribution in [2.75, 3.05) is 0 Å². The van der Waals surface area contributed by atoms with E-state index in [4.69, 9.17) is 9.47 Å². The molecule has 0 radical (unpaired) electrons. The monoisotopic (exact) mass is 358 g/mol. The van der Waals surface area contributed by atoms with E-state index in [1.165, 1.54) is 6.92 Å². The summed E-state index contributed by atoms with van der Waals surface area (Å²) in [5.74, 6) is 0. The standard InChI is InChI=1S/C12H22O10S/c1-2-3(13)4(14)5(15)11(21-2)22-8-6(16)9(18)12(20,23)10(19)7(8)17/h2-11,13-20,23H,1H3/t2?,3-,4?,5?,6?,7?,8?,9?,10?,11-,12?/m0/s1. The van der Waals surface area contributed by atoms with Gasteiger partial charge in [-0.3, -0.25) is 0 Å². The zero-order chi connectivity index (χ0) is 17.7. The first-order valence-electron chi connectivity index (χ1n) is 7.02. The van der Waals surface area contributed by atoms with Crippen molar-refractivity contribution in [3.8, 4) is 0 Å². The Kier molecular flexibility index (Phi) is 5.61. The van der Waals surface area contributed by atoms with Gasteiger partial charge in [-0.15, -0.1) is 12.6 Å². The molecule has 1 aliphatic heterocycles.